The third-order valence-corrected chi connectivity index (χ3v) is 3.20. The van der Waals surface area contributed by atoms with Crippen LogP contribution in [-0.4, -0.2) is 14.8 Å². The Morgan fingerprint density at radius 2 is 2.05 bits per heavy atom. The van der Waals surface area contributed by atoms with E-state index in [1.807, 2.05) is 13.8 Å². The van der Waals surface area contributed by atoms with Crippen molar-refractivity contribution in [3.8, 4) is 0 Å². The lowest BCUT2D eigenvalue weighted by molar-refractivity contribution is -0.137. The van der Waals surface area contributed by atoms with Crippen molar-refractivity contribution in [2.45, 2.75) is 32.6 Å². The second-order valence-corrected chi connectivity index (χ2v) is 5.17. The molecule has 4 nitrogen and oxygen atoms in total. The molecule has 0 spiro atoms. The van der Waals surface area contributed by atoms with Crippen molar-refractivity contribution in [3.63, 3.8) is 0 Å². The minimum Gasteiger partial charge on any atom is -0.377 e. The maximum atomic E-state index is 12.7. The van der Waals surface area contributed by atoms with Crippen LogP contribution in [0.3, 0.4) is 0 Å². The Morgan fingerprint density at radius 1 is 1.33 bits per heavy atom. The molecular weight excluding hydrogens is 305 g/mol. The molecular formula is C13H14ClF3N4. The maximum Gasteiger partial charge on any atom is 0.416 e. The summed E-state index contributed by atoms with van der Waals surface area (Å²) in [5.74, 6) is 0.624. The monoisotopic (exact) mass is 318 g/mol. The van der Waals surface area contributed by atoms with Gasteiger partial charge in [0, 0.05) is 6.04 Å². The summed E-state index contributed by atoms with van der Waals surface area (Å²) in [4.78, 5) is 4.08. The highest BCUT2D eigenvalue weighted by molar-refractivity contribution is 6.33. The van der Waals surface area contributed by atoms with E-state index in [2.05, 4.69) is 15.4 Å². The minimum absolute atomic E-state index is 0.112. The van der Waals surface area contributed by atoms with Gasteiger partial charge in [-0.1, -0.05) is 11.6 Å². The zero-order valence-electron chi connectivity index (χ0n) is 11.4. The molecule has 0 amide bonds. The first-order valence-corrected chi connectivity index (χ1v) is 6.66. The van der Waals surface area contributed by atoms with E-state index < -0.39 is 11.7 Å². The summed E-state index contributed by atoms with van der Waals surface area (Å²) in [5.41, 5.74) is -0.537. The zero-order valence-corrected chi connectivity index (χ0v) is 12.2. The van der Waals surface area contributed by atoms with Gasteiger partial charge in [0.05, 0.1) is 22.8 Å². The van der Waals surface area contributed by atoms with Crippen molar-refractivity contribution in [1.29, 1.82) is 0 Å². The molecule has 114 valence electrons. The fourth-order valence-corrected chi connectivity index (χ4v) is 2.03. The van der Waals surface area contributed by atoms with Gasteiger partial charge in [0.15, 0.2) is 0 Å². The lowest BCUT2D eigenvalue weighted by Crippen LogP contribution is -2.12. The van der Waals surface area contributed by atoms with Gasteiger partial charge in [0.2, 0.25) is 0 Å². The number of anilines is 1. The minimum atomic E-state index is -4.40. The van der Waals surface area contributed by atoms with Gasteiger partial charge in [-0.15, -0.1) is 0 Å². The second-order valence-electron chi connectivity index (χ2n) is 4.76. The Morgan fingerprint density at radius 3 is 2.67 bits per heavy atom. The molecule has 0 radical (unpaired) electrons. The van der Waals surface area contributed by atoms with Crippen molar-refractivity contribution in [2.75, 3.05) is 5.32 Å². The van der Waals surface area contributed by atoms with E-state index in [1.54, 1.807) is 4.68 Å². The average molecular weight is 319 g/mol. The summed E-state index contributed by atoms with van der Waals surface area (Å²) in [6, 6.07) is 3.27. The van der Waals surface area contributed by atoms with Crippen LogP contribution in [-0.2, 0) is 12.7 Å². The SMILES string of the molecule is CC(C)n1ncnc1CNc1cc(C(F)(F)F)ccc1Cl. The lowest BCUT2D eigenvalue weighted by Gasteiger charge is -2.13. The number of nitrogens with zero attached hydrogens (tertiary/aromatic N) is 3. The van der Waals surface area contributed by atoms with E-state index in [-0.39, 0.29) is 23.3 Å². The molecule has 1 heterocycles. The van der Waals surface area contributed by atoms with Crippen LogP contribution in [0.2, 0.25) is 5.02 Å². The highest BCUT2D eigenvalue weighted by Gasteiger charge is 2.30. The number of nitrogens with one attached hydrogen (secondary N) is 1. The average Bonchev–Trinajstić information content (AvgIpc) is 2.85. The standard InChI is InChI=1S/C13H14ClF3N4/c1-8(2)21-12(19-7-20-21)6-18-11-5-9(13(15,16)17)3-4-10(11)14/h3-5,7-8,18H,6H2,1-2H3. The molecule has 0 unspecified atom stereocenters. The van der Waals surface area contributed by atoms with Crippen LogP contribution in [0.15, 0.2) is 24.5 Å². The third-order valence-electron chi connectivity index (χ3n) is 2.87. The molecule has 0 aliphatic heterocycles. The van der Waals surface area contributed by atoms with Gasteiger partial charge >= 0.3 is 6.18 Å². The number of hydrogen-bond donors (Lipinski definition) is 1. The van der Waals surface area contributed by atoms with Gasteiger partial charge in [-0.25, -0.2) is 9.67 Å². The molecule has 0 saturated heterocycles. The molecule has 0 aliphatic rings. The highest BCUT2D eigenvalue weighted by Crippen LogP contribution is 2.33. The summed E-state index contributed by atoms with van der Waals surface area (Å²) in [6.07, 6.45) is -3.00. The molecule has 2 aromatic rings. The molecule has 0 bridgehead atoms. The fourth-order valence-electron chi connectivity index (χ4n) is 1.84. The fraction of sp³-hybridized carbons (Fsp3) is 0.385. The zero-order chi connectivity index (χ0) is 15.6. The summed E-state index contributed by atoms with van der Waals surface area (Å²) < 4.78 is 39.7. The number of hydrogen-bond acceptors (Lipinski definition) is 3. The molecule has 2 rings (SSSR count). The van der Waals surface area contributed by atoms with Gasteiger partial charge < -0.3 is 5.32 Å². The predicted octanol–water partition coefficient (Wildman–Crippen LogP) is 4.14. The topological polar surface area (TPSA) is 42.7 Å². The number of aromatic nitrogens is 3. The quantitative estimate of drug-likeness (QED) is 0.921. The molecule has 0 saturated carbocycles. The molecule has 1 N–H and O–H groups in total. The molecule has 0 atom stereocenters. The summed E-state index contributed by atoms with van der Waals surface area (Å²) in [7, 11) is 0. The van der Waals surface area contributed by atoms with Gasteiger partial charge in [0.25, 0.3) is 0 Å². The number of benzene rings is 1. The van der Waals surface area contributed by atoms with Gasteiger partial charge in [0.1, 0.15) is 12.2 Å². The Bertz CT molecular complexity index is 622. The summed E-state index contributed by atoms with van der Waals surface area (Å²) in [5, 5.41) is 7.15. The molecule has 8 heteroatoms. The Balaban J connectivity index is 2.18. The number of halogens is 4. The van der Waals surface area contributed by atoms with E-state index in [4.69, 9.17) is 11.6 Å². The van der Waals surface area contributed by atoms with Gasteiger partial charge in [-0.05, 0) is 32.0 Å². The predicted molar refractivity (Wildman–Crippen MR) is 74.2 cm³/mol. The Kier molecular flexibility index (Phi) is 4.41. The van der Waals surface area contributed by atoms with Crippen molar-refractivity contribution in [1.82, 2.24) is 14.8 Å². The largest absolute Gasteiger partial charge is 0.416 e. The van der Waals surface area contributed by atoms with E-state index in [0.29, 0.717) is 5.82 Å². The summed E-state index contributed by atoms with van der Waals surface area (Å²) in [6.45, 7) is 4.12. The highest BCUT2D eigenvalue weighted by atomic mass is 35.5. The van der Waals surface area contributed by atoms with Gasteiger partial charge in [-0.3, -0.25) is 0 Å². The lowest BCUT2D eigenvalue weighted by atomic mass is 10.2. The third kappa shape index (κ3) is 3.66. The second kappa shape index (κ2) is 5.93. The Labute approximate surface area is 124 Å². The van der Waals surface area contributed by atoms with E-state index in [0.717, 1.165) is 12.1 Å². The molecule has 1 aromatic carbocycles. The van der Waals surface area contributed by atoms with E-state index >= 15 is 0 Å². The van der Waals surface area contributed by atoms with E-state index in [9.17, 15) is 13.2 Å². The van der Waals surface area contributed by atoms with Crippen molar-refractivity contribution in [3.05, 3.63) is 40.9 Å². The first kappa shape index (κ1) is 15.6. The van der Waals surface area contributed by atoms with Gasteiger partial charge in [-0.2, -0.15) is 18.3 Å². The Hall–Kier alpha value is -1.76. The van der Waals surface area contributed by atoms with Crippen molar-refractivity contribution >= 4 is 17.3 Å². The first-order valence-electron chi connectivity index (χ1n) is 6.28. The maximum absolute atomic E-state index is 12.7. The van der Waals surface area contributed by atoms with Crippen LogP contribution in [0.4, 0.5) is 18.9 Å². The number of alkyl halides is 3. The normalized spacial score (nSPS) is 12.0. The van der Waals surface area contributed by atoms with Crippen LogP contribution >= 0.6 is 11.6 Å². The molecule has 0 aliphatic carbocycles. The van der Waals surface area contributed by atoms with E-state index in [1.165, 1.54) is 12.4 Å². The van der Waals surface area contributed by atoms with Crippen molar-refractivity contribution < 1.29 is 13.2 Å². The molecule has 1 aromatic heterocycles. The van der Waals surface area contributed by atoms with Crippen LogP contribution in [0.5, 0.6) is 0 Å². The van der Waals surface area contributed by atoms with Crippen LogP contribution in [0, 0.1) is 0 Å². The molecule has 21 heavy (non-hydrogen) atoms. The van der Waals surface area contributed by atoms with Crippen LogP contribution in [0.25, 0.3) is 0 Å². The van der Waals surface area contributed by atoms with Crippen LogP contribution < -0.4 is 5.32 Å². The molecule has 0 fully saturated rings. The number of rotatable bonds is 4. The summed E-state index contributed by atoms with van der Waals surface area (Å²) >= 11 is 5.92. The smallest absolute Gasteiger partial charge is 0.377 e. The first-order chi connectivity index (χ1) is 9.79. The van der Waals surface area contributed by atoms with Crippen LogP contribution in [0.1, 0.15) is 31.3 Å². The van der Waals surface area contributed by atoms with Crippen molar-refractivity contribution in [2.24, 2.45) is 0 Å².